The summed E-state index contributed by atoms with van der Waals surface area (Å²) in [6, 6.07) is 18.2. The Balaban J connectivity index is 1.57. The van der Waals surface area contributed by atoms with Gasteiger partial charge in [0.1, 0.15) is 5.25 Å². The number of methoxy groups -OCH3 is 1. The second-order valence-corrected chi connectivity index (χ2v) is 8.16. The Kier molecular flexibility index (Phi) is 4.60. The molecule has 2 aromatic heterocycles. The van der Waals surface area contributed by atoms with Crippen molar-refractivity contribution in [3.05, 3.63) is 66.4 Å². The summed E-state index contributed by atoms with van der Waals surface area (Å²) >= 11 is 1.40. The van der Waals surface area contributed by atoms with Crippen molar-refractivity contribution in [3.63, 3.8) is 0 Å². The van der Waals surface area contributed by atoms with Gasteiger partial charge in [0, 0.05) is 28.7 Å². The lowest BCUT2D eigenvalue weighted by Crippen LogP contribution is -2.12. The van der Waals surface area contributed by atoms with Crippen LogP contribution in [0.15, 0.2) is 66.0 Å². The number of rotatable bonds is 6. The van der Waals surface area contributed by atoms with Crippen LogP contribution in [-0.2, 0) is 9.53 Å². The summed E-state index contributed by atoms with van der Waals surface area (Å²) in [4.78, 5) is 15.8. The van der Waals surface area contributed by atoms with E-state index in [0.29, 0.717) is 6.04 Å². The van der Waals surface area contributed by atoms with Crippen LogP contribution in [0, 0.1) is 0 Å². The van der Waals surface area contributed by atoms with Gasteiger partial charge in [-0.3, -0.25) is 9.36 Å². The molecule has 0 bridgehead atoms. The minimum Gasteiger partial charge on any atom is -0.468 e. The van der Waals surface area contributed by atoms with Gasteiger partial charge in [-0.05, 0) is 24.5 Å². The van der Waals surface area contributed by atoms with Crippen LogP contribution in [0.3, 0.4) is 0 Å². The molecule has 1 saturated carbocycles. The molecular weight excluding hydrogens is 384 g/mol. The van der Waals surface area contributed by atoms with Gasteiger partial charge in [-0.2, -0.15) is 0 Å². The average Bonchev–Trinajstić information content (AvgIpc) is 3.38. The van der Waals surface area contributed by atoms with Crippen LogP contribution in [0.4, 0.5) is 0 Å². The number of hydrogen-bond acceptors (Lipinski definition) is 5. The van der Waals surface area contributed by atoms with Crippen LogP contribution in [0.5, 0.6) is 0 Å². The van der Waals surface area contributed by atoms with Crippen LogP contribution in [-0.4, -0.2) is 32.8 Å². The number of para-hydroxylation sites is 1. The summed E-state index contributed by atoms with van der Waals surface area (Å²) in [6.45, 7) is 0. The van der Waals surface area contributed by atoms with E-state index in [2.05, 4.69) is 31.9 Å². The number of benzene rings is 2. The van der Waals surface area contributed by atoms with Crippen LogP contribution in [0.25, 0.3) is 22.3 Å². The minimum atomic E-state index is -0.487. The average molecular weight is 404 g/mol. The van der Waals surface area contributed by atoms with Gasteiger partial charge in [0.05, 0.1) is 7.11 Å². The number of carbonyl (C=O) groups excluding carboxylic acids is 1. The topological polar surface area (TPSA) is 72.8 Å². The molecule has 1 fully saturated rings. The predicted octanol–water partition coefficient (Wildman–Crippen LogP) is 4.77. The fourth-order valence-electron chi connectivity index (χ4n) is 3.55. The van der Waals surface area contributed by atoms with Crippen molar-refractivity contribution in [2.75, 3.05) is 7.11 Å². The van der Waals surface area contributed by atoms with E-state index in [-0.39, 0.29) is 5.97 Å². The summed E-state index contributed by atoms with van der Waals surface area (Å²) in [5.74, 6) is 0.546. The Hall–Kier alpha value is -3.06. The van der Waals surface area contributed by atoms with Crippen molar-refractivity contribution >= 4 is 28.6 Å². The second-order valence-electron chi connectivity index (χ2n) is 7.09. The largest absolute Gasteiger partial charge is 0.468 e. The van der Waals surface area contributed by atoms with Crippen LogP contribution < -0.4 is 0 Å². The van der Waals surface area contributed by atoms with Gasteiger partial charge in [0.15, 0.2) is 11.0 Å². The molecule has 2 aromatic carbocycles. The lowest BCUT2D eigenvalue weighted by Gasteiger charge is -2.15. The normalized spacial score (nSPS) is 14.8. The van der Waals surface area contributed by atoms with E-state index >= 15 is 0 Å². The third-order valence-corrected chi connectivity index (χ3v) is 6.34. The molecule has 7 heteroatoms. The quantitative estimate of drug-likeness (QED) is 0.370. The van der Waals surface area contributed by atoms with E-state index in [1.807, 2.05) is 48.7 Å². The summed E-state index contributed by atoms with van der Waals surface area (Å²) in [6.07, 6.45) is 4.17. The molecule has 4 aromatic rings. The van der Waals surface area contributed by atoms with Crippen molar-refractivity contribution < 1.29 is 9.53 Å². The number of ether oxygens (including phenoxy) is 1. The Labute approximate surface area is 172 Å². The molecule has 0 saturated heterocycles. The highest BCUT2D eigenvalue weighted by Crippen LogP contribution is 2.45. The van der Waals surface area contributed by atoms with Gasteiger partial charge in [0.2, 0.25) is 0 Å². The van der Waals surface area contributed by atoms with Crippen molar-refractivity contribution in [3.8, 4) is 11.4 Å². The first-order valence-corrected chi connectivity index (χ1v) is 10.4. The zero-order valence-electron chi connectivity index (χ0n) is 15.9. The number of thioether (sulfide) groups is 1. The first kappa shape index (κ1) is 18.0. The molecule has 6 nitrogen and oxygen atoms in total. The molecule has 1 N–H and O–H groups in total. The smallest absolute Gasteiger partial charge is 0.323 e. The fraction of sp³-hybridized carbons (Fsp3) is 0.227. The molecule has 0 amide bonds. The zero-order chi connectivity index (χ0) is 19.8. The lowest BCUT2D eigenvalue weighted by atomic mass is 10.1. The first-order chi connectivity index (χ1) is 14.3. The second kappa shape index (κ2) is 7.40. The van der Waals surface area contributed by atoms with Gasteiger partial charge >= 0.3 is 5.97 Å². The van der Waals surface area contributed by atoms with E-state index in [1.54, 1.807) is 0 Å². The first-order valence-electron chi connectivity index (χ1n) is 9.57. The van der Waals surface area contributed by atoms with Crippen molar-refractivity contribution in [1.82, 2.24) is 19.7 Å². The number of hydrogen-bond donors (Lipinski definition) is 1. The SMILES string of the molecule is COC(=O)C(Sc1nnc(-c2c[nH]c3ccccc23)n1C1CC1)c1ccccc1. The number of aromatic nitrogens is 4. The van der Waals surface area contributed by atoms with Crippen LogP contribution in [0.2, 0.25) is 0 Å². The number of nitrogens with one attached hydrogen (secondary N) is 1. The summed E-state index contributed by atoms with van der Waals surface area (Å²) in [7, 11) is 1.42. The van der Waals surface area contributed by atoms with Gasteiger partial charge < -0.3 is 9.72 Å². The molecule has 1 aliphatic carbocycles. The maximum absolute atomic E-state index is 12.5. The summed E-state index contributed by atoms with van der Waals surface area (Å²) < 4.78 is 7.25. The molecule has 0 aliphatic heterocycles. The van der Waals surface area contributed by atoms with Crippen LogP contribution in [0.1, 0.15) is 29.7 Å². The number of nitrogens with zero attached hydrogens (tertiary/aromatic N) is 3. The third-order valence-electron chi connectivity index (χ3n) is 5.15. The molecule has 5 rings (SSSR count). The van der Waals surface area contributed by atoms with E-state index in [4.69, 9.17) is 4.74 Å². The molecule has 146 valence electrons. The fourth-order valence-corrected chi connectivity index (χ4v) is 4.69. The molecule has 1 unspecified atom stereocenters. The maximum Gasteiger partial charge on any atom is 0.323 e. The molecule has 2 heterocycles. The van der Waals surface area contributed by atoms with Crippen LogP contribution >= 0.6 is 11.8 Å². The predicted molar refractivity (Wildman–Crippen MR) is 113 cm³/mol. The number of H-pyrrole nitrogens is 1. The number of fused-ring (bicyclic) bond motifs is 1. The molecule has 1 aliphatic rings. The van der Waals surface area contributed by atoms with E-state index in [9.17, 15) is 4.79 Å². The van der Waals surface area contributed by atoms with Gasteiger partial charge in [-0.1, -0.05) is 60.3 Å². The number of esters is 1. The highest BCUT2D eigenvalue weighted by molar-refractivity contribution is 8.00. The zero-order valence-corrected chi connectivity index (χ0v) is 16.7. The molecule has 0 spiro atoms. The van der Waals surface area contributed by atoms with E-state index < -0.39 is 5.25 Å². The van der Waals surface area contributed by atoms with Gasteiger partial charge in [-0.25, -0.2) is 0 Å². The minimum absolute atomic E-state index is 0.291. The molecule has 29 heavy (non-hydrogen) atoms. The third kappa shape index (κ3) is 3.31. The Morgan fingerprint density at radius 2 is 1.90 bits per heavy atom. The standard InChI is InChI=1S/C22H20N4O2S/c1-28-21(27)19(14-7-3-2-4-8-14)29-22-25-24-20(26(22)15-11-12-15)17-13-23-18-10-6-5-9-16(17)18/h2-10,13,15,19,23H,11-12H2,1H3. The highest BCUT2D eigenvalue weighted by atomic mass is 32.2. The number of carbonyl (C=O) groups is 1. The van der Waals surface area contributed by atoms with Gasteiger partial charge in [0.25, 0.3) is 0 Å². The Bertz CT molecular complexity index is 1160. The van der Waals surface area contributed by atoms with Crippen molar-refractivity contribution in [2.45, 2.75) is 29.3 Å². The molecular formula is C22H20N4O2S. The van der Waals surface area contributed by atoms with Crippen molar-refractivity contribution in [2.24, 2.45) is 0 Å². The molecule has 0 radical (unpaired) electrons. The summed E-state index contributed by atoms with van der Waals surface area (Å²) in [5, 5.41) is 10.4. The van der Waals surface area contributed by atoms with E-state index in [0.717, 1.165) is 45.9 Å². The Morgan fingerprint density at radius 3 is 2.66 bits per heavy atom. The van der Waals surface area contributed by atoms with E-state index in [1.165, 1.54) is 18.9 Å². The monoisotopic (exact) mass is 404 g/mol. The molecule has 1 atom stereocenters. The maximum atomic E-state index is 12.5. The van der Waals surface area contributed by atoms with Gasteiger partial charge in [-0.15, -0.1) is 10.2 Å². The Morgan fingerprint density at radius 1 is 1.14 bits per heavy atom. The summed E-state index contributed by atoms with van der Waals surface area (Å²) in [5.41, 5.74) is 2.99. The lowest BCUT2D eigenvalue weighted by molar-refractivity contribution is -0.140. The highest BCUT2D eigenvalue weighted by Gasteiger charge is 2.33. The van der Waals surface area contributed by atoms with Crippen molar-refractivity contribution in [1.29, 1.82) is 0 Å². The number of aromatic amines is 1.